The van der Waals surface area contributed by atoms with Crippen molar-refractivity contribution in [3.63, 3.8) is 0 Å². The summed E-state index contributed by atoms with van der Waals surface area (Å²) in [5.41, 5.74) is 1.04. The maximum Gasteiger partial charge on any atom is 0.296 e. The molecular weight excluding hydrogens is 260 g/mol. The molecule has 0 unspecified atom stereocenters. The van der Waals surface area contributed by atoms with Crippen LogP contribution in [0.2, 0.25) is 0 Å². The SMILES string of the molecule is Cc1ccc(S(=O)(=O)OCC2CCCCCC2)cc1. The third-order valence-electron chi connectivity index (χ3n) is 3.74. The average molecular weight is 282 g/mol. The van der Waals surface area contributed by atoms with E-state index < -0.39 is 10.1 Å². The van der Waals surface area contributed by atoms with Crippen LogP contribution in [0.25, 0.3) is 0 Å². The number of rotatable bonds is 4. The van der Waals surface area contributed by atoms with Gasteiger partial charge in [-0.25, -0.2) is 0 Å². The van der Waals surface area contributed by atoms with E-state index in [9.17, 15) is 8.42 Å². The Hall–Kier alpha value is -0.870. The quantitative estimate of drug-likeness (QED) is 0.625. The summed E-state index contributed by atoms with van der Waals surface area (Å²) in [6, 6.07) is 6.80. The Labute approximate surface area is 116 Å². The first-order chi connectivity index (χ1) is 9.08. The van der Waals surface area contributed by atoms with Gasteiger partial charge in [-0.05, 0) is 37.8 Å². The molecule has 2 rings (SSSR count). The molecule has 0 saturated heterocycles. The first-order valence-electron chi connectivity index (χ1n) is 7.04. The fourth-order valence-electron chi connectivity index (χ4n) is 2.49. The Bertz CT molecular complexity index is 483. The molecule has 1 saturated carbocycles. The van der Waals surface area contributed by atoms with Gasteiger partial charge in [0.05, 0.1) is 11.5 Å². The maximum absolute atomic E-state index is 12.0. The maximum atomic E-state index is 12.0. The van der Waals surface area contributed by atoms with Crippen LogP contribution in [0.15, 0.2) is 29.2 Å². The largest absolute Gasteiger partial charge is 0.296 e. The second-order valence-electron chi connectivity index (χ2n) is 5.41. The molecule has 0 N–H and O–H groups in total. The summed E-state index contributed by atoms with van der Waals surface area (Å²) < 4.78 is 29.3. The second kappa shape index (κ2) is 6.53. The number of hydrogen-bond acceptors (Lipinski definition) is 3. The molecule has 19 heavy (non-hydrogen) atoms. The van der Waals surface area contributed by atoms with E-state index in [4.69, 9.17) is 4.18 Å². The first kappa shape index (κ1) is 14.5. The molecule has 4 heteroatoms. The first-order valence-corrected chi connectivity index (χ1v) is 8.45. The zero-order chi connectivity index (χ0) is 13.7. The highest BCUT2D eigenvalue weighted by molar-refractivity contribution is 7.86. The van der Waals surface area contributed by atoms with Gasteiger partial charge < -0.3 is 0 Å². The van der Waals surface area contributed by atoms with Gasteiger partial charge >= 0.3 is 0 Å². The third-order valence-corrected chi connectivity index (χ3v) is 5.04. The van der Waals surface area contributed by atoms with Crippen molar-refractivity contribution in [2.75, 3.05) is 6.61 Å². The van der Waals surface area contributed by atoms with Gasteiger partial charge in [0, 0.05) is 0 Å². The summed E-state index contributed by atoms with van der Waals surface area (Å²) in [5.74, 6) is 0.391. The fraction of sp³-hybridized carbons (Fsp3) is 0.600. The molecule has 0 aromatic heterocycles. The summed E-state index contributed by atoms with van der Waals surface area (Å²) >= 11 is 0. The van der Waals surface area contributed by atoms with Crippen LogP contribution in [0.1, 0.15) is 44.1 Å². The highest BCUT2D eigenvalue weighted by atomic mass is 32.2. The van der Waals surface area contributed by atoms with Crippen LogP contribution in [0.4, 0.5) is 0 Å². The molecule has 106 valence electrons. The van der Waals surface area contributed by atoms with Gasteiger partial charge in [0.15, 0.2) is 0 Å². The van der Waals surface area contributed by atoms with Crippen LogP contribution in [0.5, 0.6) is 0 Å². The average Bonchev–Trinajstić information content (AvgIpc) is 2.65. The molecule has 0 atom stereocenters. The molecule has 1 fully saturated rings. The minimum atomic E-state index is -3.59. The van der Waals surface area contributed by atoms with E-state index in [1.807, 2.05) is 6.92 Å². The lowest BCUT2D eigenvalue weighted by Gasteiger charge is -2.14. The lowest BCUT2D eigenvalue weighted by atomic mass is 10.0. The van der Waals surface area contributed by atoms with E-state index in [-0.39, 0.29) is 4.90 Å². The van der Waals surface area contributed by atoms with Crippen molar-refractivity contribution in [3.8, 4) is 0 Å². The van der Waals surface area contributed by atoms with Gasteiger partial charge in [-0.15, -0.1) is 0 Å². The van der Waals surface area contributed by atoms with E-state index in [1.165, 1.54) is 25.7 Å². The predicted octanol–water partition coefficient (Wildman–Crippen LogP) is 3.67. The van der Waals surface area contributed by atoms with E-state index in [0.29, 0.717) is 12.5 Å². The third kappa shape index (κ3) is 4.32. The summed E-state index contributed by atoms with van der Waals surface area (Å²) in [5, 5.41) is 0. The Morgan fingerprint density at radius 2 is 1.63 bits per heavy atom. The predicted molar refractivity (Wildman–Crippen MR) is 75.5 cm³/mol. The minimum Gasteiger partial charge on any atom is -0.266 e. The van der Waals surface area contributed by atoms with Crippen LogP contribution in [-0.4, -0.2) is 15.0 Å². The Morgan fingerprint density at radius 3 is 2.21 bits per heavy atom. The van der Waals surface area contributed by atoms with E-state index in [2.05, 4.69) is 0 Å². The smallest absolute Gasteiger partial charge is 0.266 e. The highest BCUT2D eigenvalue weighted by Crippen LogP contribution is 2.24. The van der Waals surface area contributed by atoms with E-state index in [1.54, 1.807) is 24.3 Å². The van der Waals surface area contributed by atoms with Gasteiger partial charge in [-0.3, -0.25) is 4.18 Å². The van der Waals surface area contributed by atoms with Crippen LogP contribution in [0, 0.1) is 12.8 Å². The Balaban J connectivity index is 1.95. The summed E-state index contributed by atoms with van der Waals surface area (Å²) in [7, 11) is -3.59. The van der Waals surface area contributed by atoms with Crippen molar-refractivity contribution in [1.29, 1.82) is 0 Å². The molecule has 0 heterocycles. The molecule has 1 aliphatic carbocycles. The van der Waals surface area contributed by atoms with Crippen LogP contribution >= 0.6 is 0 Å². The summed E-state index contributed by atoms with van der Waals surface area (Å²) in [4.78, 5) is 0.256. The molecule has 3 nitrogen and oxygen atoms in total. The molecule has 0 bridgehead atoms. The van der Waals surface area contributed by atoms with Crippen molar-refractivity contribution in [3.05, 3.63) is 29.8 Å². The summed E-state index contributed by atoms with van der Waals surface area (Å²) in [6.07, 6.45) is 7.09. The van der Waals surface area contributed by atoms with Crippen LogP contribution < -0.4 is 0 Å². The van der Waals surface area contributed by atoms with Crippen LogP contribution in [0.3, 0.4) is 0 Å². The molecular formula is C15H22O3S. The number of hydrogen-bond donors (Lipinski definition) is 0. The molecule has 1 aromatic rings. The molecule has 0 spiro atoms. The molecule has 0 radical (unpaired) electrons. The number of benzene rings is 1. The molecule has 1 aromatic carbocycles. The topological polar surface area (TPSA) is 43.4 Å². The lowest BCUT2D eigenvalue weighted by Crippen LogP contribution is -2.14. The van der Waals surface area contributed by atoms with Crippen molar-refractivity contribution >= 4 is 10.1 Å². The van der Waals surface area contributed by atoms with Gasteiger partial charge in [0.1, 0.15) is 0 Å². The zero-order valence-corrected chi connectivity index (χ0v) is 12.3. The van der Waals surface area contributed by atoms with Gasteiger partial charge in [0.25, 0.3) is 10.1 Å². The van der Waals surface area contributed by atoms with E-state index in [0.717, 1.165) is 18.4 Å². The van der Waals surface area contributed by atoms with Crippen molar-refractivity contribution in [1.82, 2.24) is 0 Å². The number of aryl methyl sites for hydroxylation is 1. The Kier molecular flexibility index (Phi) is 4.99. The van der Waals surface area contributed by atoms with Gasteiger partial charge in [-0.1, -0.05) is 43.4 Å². The standard InChI is InChI=1S/C15H22O3S/c1-13-8-10-15(11-9-13)19(16,17)18-12-14-6-4-2-3-5-7-14/h8-11,14H,2-7,12H2,1H3. The minimum absolute atomic E-state index is 0.256. The normalized spacial score (nSPS) is 18.2. The molecule has 1 aliphatic rings. The lowest BCUT2D eigenvalue weighted by molar-refractivity contribution is 0.239. The van der Waals surface area contributed by atoms with Crippen molar-refractivity contribution in [2.45, 2.75) is 50.3 Å². The van der Waals surface area contributed by atoms with Crippen LogP contribution in [-0.2, 0) is 14.3 Å². The van der Waals surface area contributed by atoms with Crippen molar-refractivity contribution in [2.24, 2.45) is 5.92 Å². The molecule has 0 amide bonds. The zero-order valence-electron chi connectivity index (χ0n) is 11.5. The monoisotopic (exact) mass is 282 g/mol. The molecule has 0 aliphatic heterocycles. The van der Waals surface area contributed by atoms with Crippen molar-refractivity contribution < 1.29 is 12.6 Å². The fourth-order valence-corrected chi connectivity index (χ4v) is 3.47. The summed E-state index contributed by atoms with van der Waals surface area (Å²) in [6.45, 7) is 2.26. The van der Waals surface area contributed by atoms with Gasteiger partial charge in [-0.2, -0.15) is 8.42 Å². The Morgan fingerprint density at radius 1 is 1.05 bits per heavy atom. The second-order valence-corrected chi connectivity index (χ2v) is 7.02. The van der Waals surface area contributed by atoms with Gasteiger partial charge in [0.2, 0.25) is 0 Å². The highest BCUT2D eigenvalue weighted by Gasteiger charge is 2.19. The van der Waals surface area contributed by atoms with E-state index >= 15 is 0 Å².